The Kier molecular flexibility index (Phi) is 4.64. The molecule has 0 atom stereocenters. The molecule has 0 spiro atoms. The van der Waals surface area contributed by atoms with Crippen LogP contribution in [-0.2, 0) is 16.1 Å². The summed E-state index contributed by atoms with van der Waals surface area (Å²) in [7, 11) is 0. The van der Waals surface area contributed by atoms with E-state index in [2.05, 4.69) is 20.9 Å². The summed E-state index contributed by atoms with van der Waals surface area (Å²) in [5.41, 5.74) is 0.769. The minimum Gasteiger partial charge on any atom is -0.456 e. The minimum atomic E-state index is -2.58. The SMILES string of the molecule is O=C1C=C(N(Cc2cnc(Br)c(F)c2)CC(F)F)CO1. The molecule has 1 aromatic rings. The molecule has 0 aromatic carbocycles. The van der Waals surface area contributed by atoms with Gasteiger partial charge in [-0.15, -0.1) is 0 Å². The third kappa shape index (κ3) is 3.72. The van der Waals surface area contributed by atoms with Crippen molar-refractivity contribution in [3.05, 3.63) is 40.0 Å². The lowest BCUT2D eigenvalue weighted by molar-refractivity contribution is -0.135. The fraction of sp³-hybridized carbons (Fsp3) is 0.333. The Morgan fingerprint density at radius 1 is 1.50 bits per heavy atom. The van der Waals surface area contributed by atoms with Crippen LogP contribution in [0.15, 0.2) is 28.6 Å². The number of aromatic nitrogens is 1. The van der Waals surface area contributed by atoms with Gasteiger partial charge in [0.2, 0.25) is 0 Å². The predicted molar refractivity (Wildman–Crippen MR) is 67.4 cm³/mol. The molecular weight excluding hydrogens is 341 g/mol. The van der Waals surface area contributed by atoms with Crippen molar-refractivity contribution in [2.75, 3.05) is 13.2 Å². The van der Waals surface area contributed by atoms with Crippen LogP contribution in [-0.4, -0.2) is 35.4 Å². The van der Waals surface area contributed by atoms with Gasteiger partial charge in [0, 0.05) is 18.8 Å². The van der Waals surface area contributed by atoms with Crippen LogP contribution in [0.4, 0.5) is 13.2 Å². The van der Waals surface area contributed by atoms with Gasteiger partial charge in [0.1, 0.15) is 11.2 Å². The summed E-state index contributed by atoms with van der Waals surface area (Å²) in [5, 5.41) is 0. The van der Waals surface area contributed by atoms with E-state index < -0.39 is 24.8 Å². The van der Waals surface area contributed by atoms with Crippen molar-refractivity contribution < 1.29 is 22.7 Å². The molecule has 0 saturated heterocycles. The molecule has 0 aliphatic carbocycles. The van der Waals surface area contributed by atoms with E-state index in [1.807, 2.05) is 0 Å². The molecule has 1 aliphatic heterocycles. The van der Waals surface area contributed by atoms with E-state index in [0.717, 1.165) is 6.08 Å². The highest BCUT2D eigenvalue weighted by atomic mass is 79.9. The smallest absolute Gasteiger partial charge is 0.333 e. The van der Waals surface area contributed by atoms with Crippen LogP contribution in [0.5, 0.6) is 0 Å². The Bertz CT molecular complexity index is 552. The number of rotatable bonds is 5. The van der Waals surface area contributed by atoms with Crippen molar-refractivity contribution in [3.8, 4) is 0 Å². The number of alkyl halides is 2. The van der Waals surface area contributed by atoms with E-state index in [0.29, 0.717) is 11.3 Å². The first-order valence-electron chi connectivity index (χ1n) is 5.66. The normalized spacial score (nSPS) is 14.4. The van der Waals surface area contributed by atoms with Crippen molar-refractivity contribution in [2.45, 2.75) is 13.0 Å². The molecule has 20 heavy (non-hydrogen) atoms. The van der Waals surface area contributed by atoms with Gasteiger partial charge in [-0.2, -0.15) is 0 Å². The number of halogens is 4. The van der Waals surface area contributed by atoms with Crippen molar-refractivity contribution in [1.29, 1.82) is 0 Å². The number of ether oxygens (including phenoxy) is 1. The molecule has 0 fully saturated rings. The molecular formula is C12H10BrF3N2O2. The second kappa shape index (κ2) is 6.25. The number of pyridine rings is 1. The molecule has 8 heteroatoms. The number of carbonyl (C=O) groups is 1. The molecule has 0 amide bonds. The molecule has 0 unspecified atom stereocenters. The Balaban J connectivity index is 2.17. The fourth-order valence-electron chi connectivity index (χ4n) is 1.76. The largest absolute Gasteiger partial charge is 0.456 e. The lowest BCUT2D eigenvalue weighted by atomic mass is 10.2. The zero-order chi connectivity index (χ0) is 14.7. The van der Waals surface area contributed by atoms with Gasteiger partial charge < -0.3 is 9.64 Å². The quantitative estimate of drug-likeness (QED) is 0.604. The molecule has 108 valence electrons. The van der Waals surface area contributed by atoms with E-state index in [4.69, 9.17) is 4.74 Å². The van der Waals surface area contributed by atoms with Gasteiger partial charge in [-0.1, -0.05) is 0 Å². The Labute approximate surface area is 121 Å². The topological polar surface area (TPSA) is 42.4 Å². The van der Waals surface area contributed by atoms with Crippen molar-refractivity contribution in [1.82, 2.24) is 9.88 Å². The van der Waals surface area contributed by atoms with Gasteiger partial charge in [0.15, 0.2) is 5.82 Å². The number of esters is 1. The average molecular weight is 351 g/mol. The molecule has 0 N–H and O–H groups in total. The molecule has 2 rings (SSSR count). The monoisotopic (exact) mass is 350 g/mol. The maximum absolute atomic E-state index is 13.4. The molecule has 0 radical (unpaired) electrons. The third-order valence-electron chi connectivity index (χ3n) is 2.64. The second-order valence-corrected chi connectivity index (χ2v) is 4.88. The Hall–Kier alpha value is -1.57. The summed E-state index contributed by atoms with van der Waals surface area (Å²) >= 11 is 2.91. The summed E-state index contributed by atoms with van der Waals surface area (Å²) in [4.78, 5) is 16.0. The van der Waals surface area contributed by atoms with Crippen LogP contribution in [0.1, 0.15) is 5.56 Å². The summed E-state index contributed by atoms with van der Waals surface area (Å²) < 4.78 is 43.3. The molecule has 1 aliphatic rings. The van der Waals surface area contributed by atoms with E-state index in [-0.39, 0.29) is 17.8 Å². The molecule has 1 aromatic heterocycles. The zero-order valence-electron chi connectivity index (χ0n) is 10.2. The van der Waals surface area contributed by atoms with E-state index in [9.17, 15) is 18.0 Å². The Morgan fingerprint density at radius 2 is 2.25 bits per heavy atom. The number of nitrogens with zero attached hydrogens (tertiary/aromatic N) is 2. The number of cyclic esters (lactones) is 1. The van der Waals surface area contributed by atoms with Crippen molar-refractivity contribution in [2.24, 2.45) is 0 Å². The summed E-state index contributed by atoms with van der Waals surface area (Å²) in [6, 6.07) is 1.20. The van der Waals surface area contributed by atoms with E-state index in [1.165, 1.54) is 17.2 Å². The van der Waals surface area contributed by atoms with E-state index >= 15 is 0 Å². The van der Waals surface area contributed by atoms with Gasteiger partial charge in [-0.05, 0) is 27.6 Å². The van der Waals surface area contributed by atoms with E-state index in [1.54, 1.807) is 0 Å². The van der Waals surface area contributed by atoms with Gasteiger partial charge in [0.25, 0.3) is 6.43 Å². The van der Waals surface area contributed by atoms with Gasteiger partial charge in [-0.25, -0.2) is 22.9 Å². The zero-order valence-corrected chi connectivity index (χ0v) is 11.7. The number of hydrogen-bond donors (Lipinski definition) is 0. The van der Waals surface area contributed by atoms with Gasteiger partial charge in [-0.3, -0.25) is 0 Å². The lowest BCUT2D eigenvalue weighted by Crippen LogP contribution is -2.28. The predicted octanol–water partition coefficient (Wildman–Crippen LogP) is 2.49. The van der Waals surface area contributed by atoms with Crippen LogP contribution >= 0.6 is 15.9 Å². The number of carbonyl (C=O) groups excluding carboxylic acids is 1. The van der Waals surface area contributed by atoms with Crippen LogP contribution in [0.25, 0.3) is 0 Å². The average Bonchev–Trinajstić information content (AvgIpc) is 2.79. The van der Waals surface area contributed by atoms with Crippen molar-refractivity contribution >= 4 is 21.9 Å². The first kappa shape index (κ1) is 14.8. The van der Waals surface area contributed by atoms with Gasteiger partial charge in [0.05, 0.1) is 12.2 Å². The molecule has 0 saturated carbocycles. The Morgan fingerprint density at radius 3 is 2.80 bits per heavy atom. The van der Waals surface area contributed by atoms with Crippen LogP contribution in [0.2, 0.25) is 0 Å². The number of hydrogen-bond acceptors (Lipinski definition) is 4. The lowest BCUT2D eigenvalue weighted by Gasteiger charge is -2.24. The maximum Gasteiger partial charge on any atom is 0.333 e. The standard InChI is InChI=1S/C12H10BrF3N2O2/c13-12-9(14)1-7(3-17-12)4-18(5-10(15)16)8-2-11(19)20-6-8/h1-3,10H,4-6H2. The highest BCUT2D eigenvalue weighted by Crippen LogP contribution is 2.19. The highest BCUT2D eigenvalue weighted by Gasteiger charge is 2.22. The molecule has 0 bridgehead atoms. The highest BCUT2D eigenvalue weighted by molar-refractivity contribution is 9.10. The second-order valence-electron chi connectivity index (χ2n) is 4.13. The van der Waals surface area contributed by atoms with Crippen LogP contribution in [0, 0.1) is 5.82 Å². The molecule has 4 nitrogen and oxygen atoms in total. The first-order chi connectivity index (χ1) is 9.45. The minimum absolute atomic E-state index is 0.0179. The fourth-order valence-corrected chi connectivity index (χ4v) is 1.98. The first-order valence-corrected chi connectivity index (χ1v) is 6.45. The van der Waals surface area contributed by atoms with Crippen LogP contribution < -0.4 is 0 Å². The summed E-state index contributed by atoms with van der Waals surface area (Å²) in [5.74, 6) is -1.15. The molecule has 2 heterocycles. The third-order valence-corrected chi connectivity index (χ3v) is 3.22. The summed E-state index contributed by atoms with van der Waals surface area (Å²) in [6.45, 7) is -0.609. The maximum atomic E-state index is 13.4. The summed E-state index contributed by atoms with van der Waals surface area (Å²) in [6.07, 6.45) is -0.0469. The van der Waals surface area contributed by atoms with Crippen LogP contribution in [0.3, 0.4) is 0 Å². The van der Waals surface area contributed by atoms with Crippen molar-refractivity contribution in [3.63, 3.8) is 0 Å². The van der Waals surface area contributed by atoms with Gasteiger partial charge >= 0.3 is 5.97 Å².